The van der Waals surface area contributed by atoms with Crippen molar-refractivity contribution < 1.29 is 23.0 Å². The van der Waals surface area contributed by atoms with Crippen LogP contribution in [0.2, 0.25) is 0 Å². The average Bonchev–Trinajstić information content (AvgIpc) is 2.95. The number of rotatable bonds is 16. The number of carbonyl (C=O) groups is 1. The van der Waals surface area contributed by atoms with E-state index in [1.54, 1.807) is 0 Å². The molecule has 1 aliphatic rings. The molecule has 2 aromatic rings. The van der Waals surface area contributed by atoms with E-state index in [1.807, 2.05) is 0 Å². The Morgan fingerprint density at radius 2 is 1.70 bits per heavy atom. The van der Waals surface area contributed by atoms with Crippen LogP contribution in [0.1, 0.15) is 104 Å². The number of aromatic nitrogens is 2. The smallest absolute Gasteiger partial charge is 0.314 e. The minimum Gasteiger partial charge on any atom is -0.490 e. The van der Waals surface area contributed by atoms with E-state index < -0.39 is 11.6 Å². The summed E-state index contributed by atoms with van der Waals surface area (Å²) in [5, 5.41) is 0. The van der Waals surface area contributed by atoms with Gasteiger partial charge in [-0.25, -0.2) is 14.4 Å². The zero-order valence-corrected chi connectivity index (χ0v) is 24.3. The lowest BCUT2D eigenvalue weighted by atomic mass is 9.88. The number of ether oxygens (including phenoxy) is 2. The maximum absolute atomic E-state index is 14.8. The molecule has 3 rings (SSSR count). The fourth-order valence-corrected chi connectivity index (χ4v) is 4.82. The van der Waals surface area contributed by atoms with Crippen LogP contribution in [0.5, 0.6) is 11.5 Å². The quantitative estimate of drug-likeness (QED) is 0.118. The van der Waals surface area contributed by atoms with Gasteiger partial charge in [0.25, 0.3) is 0 Å². The number of unbranched alkanes of at least 4 members (excludes halogenated alkanes) is 7. The van der Waals surface area contributed by atoms with E-state index in [0.29, 0.717) is 13.0 Å². The Balaban J connectivity index is 1.46. The first-order chi connectivity index (χ1) is 19.4. The minimum atomic E-state index is -1.06. The summed E-state index contributed by atoms with van der Waals surface area (Å²) in [6.07, 6.45) is 20.5. The fourth-order valence-electron chi connectivity index (χ4n) is 4.82. The molecule has 1 aromatic carbocycles. The summed E-state index contributed by atoms with van der Waals surface area (Å²) < 4.78 is 40.4. The van der Waals surface area contributed by atoms with Gasteiger partial charge >= 0.3 is 5.97 Å². The first-order valence-corrected chi connectivity index (χ1v) is 14.8. The number of benzene rings is 1. The van der Waals surface area contributed by atoms with E-state index in [2.05, 4.69) is 42.9 Å². The number of allylic oxidation sites excluding steroid dienone is 4. The summed E-state index contributed by atoms with van der Waals surface area (Å²) in [7, 11) is 0. The van der Waals surface area contributed by atoms with Crippen LogP contribution in [-0.2, 0) is 4.79 Å². The molecule has 0 fully saturated rings. The Bertz CT molecular complexity index is 1140. The van der Waals surface area contributed by atoms with Gasteiger partial charge in [-0.15, -0.1) is 0 Å². The Labute approximate surface area is 238 Å². The molecular formula is C33H44F2N2O3. The first kappa shape index (κ1) is 31.4. The molecule has 7 heteroatoms. The zero-order valence-electron chi connectivity index (χ0n) is 24.3. The van der Waals surface area contributed by atoms with Crippen LogP contribution in [0.15, 0.2) is 47.8 Å². The fraction of sp³-hybridized carbons (Fsp3) is 0.545. The van der Waals surface area contributed by atoms with E-state index in [9.17, 15) is 13.6 Å². The Hall–Kier alpha value is -3.09. The molecule has 1 heterocycles. The number of halogens is 2. The van der Waals surface area contributed by atoms with Crippen molar-refractivity contribution in [1.82, 2.24) is 9.97 Å². The predicted octanol–water partition coefficient (Wildman–Crippen LogP) is 9.32. The van der Waals surface area contributed by atoms with E-state index in [-0.39, 0.29) is 34.8 Å². The van der Waals surface area contributed by atoms with Gasteiger partial charge in [0.1, 0.15) is 0 Å². The molecule has 1 aromatic heterocycles. The molecule has 0 aliphatic heterocycles. The lowest BCUT2D eigenvalue weighted by Crippen LogP contribution is -2.22. The van der Waals surface area contributed by atoms with Gasteiger partial charge < -0.3 is 9.47 Å². The maximum atomic E-state index is 14.8. The molecule has 0 N–H and O–H groups in total. The van der Waals surface area contributed by atoms with Crippen LogP contribution in [0.3, 0.4) is 0 Å². The van der Waals surface area contributed by atoms with Crippen molar-refractivity contribution in [1.29, 1.82) is 0 Å². The van der Waals surface area contributed by atoms with Crippen LogP contribution in [0, 0.1) is 17.6 Å². The molecule has 0 saturated carbocycles. The van der Waals surface area contributed by atoms with Gasteiger partial charge in [-0.1, -0.05) is 75.2 Å². The van der Waals surface area contributed by atoms with Gasteiger partial charge in [0.15, 0.2) is 23.1 Å². The third-order valence-corrected chi connectivity index (χ3v) is 7.25. The van der Waals surface area contributed by atoms with Gasteiger partial charge in [0, 0.05) is 0 Å². The normalized spacial score (nSPS) is 14.9. The summed E-state index contributed by atoms with van der Waals surface area (Å²) in [5.41, 5.74) is 2.62. The Morgan fingerprint density at radius 3 is 2.35 bits per heavy atom. The van der Waals surface area contributed by atoms with Crippen molar-refractivity contribution in [3.8, 4) is 22.9 Å². The van der Waals surface area contributed by atoms with Gasteiger partial charge in [-0.2, -0.15) is 4.39 Å². The standard InChI is InChI=1S/C33H44F2N2O3/c1-4-5-6-7-8-9-10-11-21-39-29-20-19-28(30(34)31(29)35)32-36-22-27(23-37-32)40-33(38)26-17-15-25(16-18-26)14-12-13-24(2)3/h13,15,19-20,22-23,26H,4-12,14,16-18,21H2,1-3H3. The van der Waals surface area contributed by atoms with E-state index in [4.69, 9.17) is 9.47 Å². The molecule has 1 atom stereocenters. The number of esters is 1. The molecule has 0 amide bonds. The highest BCUT2D eigenvalue weighted by atomic mass is 19.2. The van der Waals surface area contributed by atoms with Crippen LogP contribution in [-0.4, -0.2) is 22.5 Å². The van der Waals surface area contributed by atoms with E-state index >= 15 is 0 Å². The third-order valence-electron chi connectivity index (χ3n) is 7.25. The summed E-state index contributed by atoms with van der Waals surface area (Å²) in [4.78, 5) is 20.8. The number of hydrogen-bond donors (Lipinski definition) is 0. The van der Waals surface area contributed by atoms with Crippen LogP contribution < -0.4 is 9.47 Å². The number of hydrogen-bond acceptors (Lipinski definition) is 5. The minimum absolute atomic E-state index is 0.00688. The van der Waals surface area contributed by atoms with E-state index in [0.717, 1.165) is 44.9 Å². The molecule has 0 bridgehead atoms. The third kappa shape index (κ3) is 10.1. The largest absolute Gasteiger partial charge is 0.490 e. The van der Waals surface area contributed by atoms with Crippen LogP contribution in [0.25, 0.3) is 11.4 Å². The van der Waals surface area contributed by atoms with Crippen molar-refractivity contribution in [2.75, 3.05) is 6.61 Å². The van der Waals surface area contributed by atoms with Crippen molar-refractivity contribution in [2.45, 2.75) is 104 Å². The summed E-state index contributed by atoms with van der Waals surface area (Å²) in [6, 6.07) is 2.81. The highest BCUT2D eigenvalue weighted by Gasteiger charge is 2.24. The molecule has 218 valence electrons. The zero-order chi connectivity index (χ0) is 28.7. The number of nitrogens with zero attached hydrogens (tertiary/aromatic N) is 2. The second-order valence-corrected chi connectivity index (χ2v) is 10.9. The van der Waals surface area contributed by atoms with Crippen molar-refractivity contribution in [2.24, 2.45) is 5.92 Å². The van der Waals surface area contributed by atoms with Crippen molar-refractivity contribution >= 4 is 5.97 Å². The average molecular weight is 555 g/mol. The number of carbonyl (C=O) groups excluding carboxylic acids is 1. The Kier molecular flexibility index (Phi) is 13.3. The lowest BCUT2D eigenvalue weighted by Gasteiger charge is -2.20. The van der Waals surface area contributed by atoms with Gasteiger partial charge in [0.2, 0.25) is 5.82 Å². The molecule has 1 aliphatic carbocycles. The Morgan fingerprint density at radius 1 is 1.00 bits per heavy atom. The van der Waals surface area contributed by atoms with Crippen molar-refractivity contribution in [3.63, 3.8) is 0 Å². The van der Waals surface area contributed by atoms with Gasteiger partial charge in [-0.3, -0.25) is 4.79 Å². The predicted molar refractivity (Wildman–Crippen MR) is 155 cm³/mol. The monoisotopic (exact) mass is 554 g/mol. The molecule has 0 saturated heterocycles. The topological polar surface area (TPSA) is 61.3 Å². The molecule has 1 unspecified atom stereocenters. The molecule has 5 nitrogen and oxygen atoms in total. The van der Waals surface area contributed by atoms with E-state index in [1.165, 1.54) is 67.8 Å². The second-order valence-electron chi connectivity index (χ2n) is 10.9. The highest BCUT2D eigenvalue weighted by Crippen LogP contribution is 2.30. The second kappa shape index (κ2) is 16.9. The first-order valence-electron chi connectivity index (χ1n) is 14.8. The SMILES string of the molecule is CCCCCCCCCCOc1ccc(-c2ncc(OC(=O)C3CC=C(CCC=C(C)C)CC3)cn2)c(F)c1F. The maximum Gasteiger partial charge on any atom is 0.314 e. The van der Waals surface area contributed by atoms with Crippen LogP contribution in [0.4, 0.5) is 8.78 Å². The molecule has 40 heavy (non-hydrogen) atoms. The molecule has 0 radical (unpaired) electrons. The summed E-state index contributed by atoms with van der Waals surface area (Å²) in [5.74, 6) is -2.58. The summed E-state index contributed by atoms with van der Waals surface area (Å²) in [6.45, 7) is 6.73. The van der Waals surface area contributed by atoms with Crippen molar-refractivity contribution in [3.05, 3.63) is 59.5 Å². The van der Waals surface area contributed by atoms with Gasteiger partial charge in [0.05, 0.1) is 30.5 Å². The van der Waals surface area contributed by atoms with Crippen LogP contribution >= 0.6 is 0 Å². The molecular weight excluding hydrogens is 510 g/mol. The highest BCUT2D eigenvalue weighted by molar-refractivity contribution is 5.75. The molecule has 0 spiro atoms. The lowest BCUT2D eigenvalue weighted by molar-refractivity contribution is -0.139. The van der Waals surface area contributed by atoms with Gasteiger partial charge in [-0.05, 0) is 64.5 Å². The summed E-state index contributed by atoms with van der Waals surface area (Å²) >= 11 is 0.